The quantitative estimate of drug-likeness (QED) is 0.687. The standard InChI is InChI=1S/C11H19N5O2/c1-4-16(5-7(12)17)11(18)10-8(13)9(6(2)3)14-15-10/h6H,4-5,13H2,1-3H3,(H2,12,17)(H,14,15). The van der Waals surface area contributed by atoms with Crippen LogP contribution in [0, 0.1) is 0 Å². The van der Waals surface area contributed by atoms with Crippen molar-refractivity contribution in [1.29, 1.82) is 0 Å². The Morgan fingerprint density at radius 2 is 2.06 bits per heavy atom. The molecule has 0 radical (unpaired) electrons. The SMILES string of the molecule is CCN(CC(N)=O)C(=O)c1n[nH]c(C(C)C)c1N. The first-order valence-corrected chi connectivity index (χ1v) is 5.79. The van der Waals surface area contributed by atoms with E-state index in [2.05, 4.69) is 10.2 Å². The number of rotatable bonds is 5. The molecule has 0 aliphatic heterocycles. The van der Waals surface area contributed by atoms with E-state index >= 15 is 0 Å². The summed E-state index contributed by atoms with van der Waals surface area (Å²) in [5.74, 6) is -0.814. The Hall–Kier alpha value is -2.05. The second-order valence-electron chi connectivity index (χ2n) is 4.34. The van der Waals surface area contributed by atoms with Gasteiger partial charge in [0.1, 0.15) is 0 Å². The number of nitrogens with zero attached hydrogens (tertiary/aromatic N) is 2. The molecule has 1 aromatic heterocycles. The van der Waals surface area contributed by atoms with Crippen LogP contribution >= 0.6 is 0 Å². The van der Waals surface area contributed by atoms with E-state index < -0.39 is 11.8 Å². The molecule has 0 bridgehead atoms. The first kappa shape index (κ1) is 14.0. The highest BCUT2D eigenvalue weighted by molar-refractivity contribution is 5.99. The van der Waals surface area contributed by atoms with Crippen molar-refractivity contribution >= 4 is 17.5 Å². The Balaban J connectivity index is 2.99. The molecule has 1 rings (SSSR count). The molecule has 0 saturated carbocycles. The number of amides is 2. The highest BCUT2D eigenvalue weighted by Gasteiger charge is 2.23. The van der Waals surface area contributed by atoms with Crippen LogP contribution in [0.5, 0.6) is 0 Å². The molecule has 0 unspecified atom stereocenters. The van der Waals surface area contributed by atoms with Gasteiger partial charge in [0, 0.05) is 6.54 Å². The van der Waals surface area contributed by atoms with Gasteiger partial charge < -0.3 is 16.4 Å². The monoisotopic (exact) mass is 253 g/mol. The summed E-state index contributed by atoms with van der Waals surface area (Å²) in [5.41, 5.74) is 12.1. The number of carbonyl (C=O) groups excluding carboxylic acids is 2. The number of nitrogens with one attached hydrogen (secondary N) is 1. The van der Waals surface area contributed by atoms with Crippen molar-refractivity contribution in [1.82, 2.24) is 15.1 Å². The van der Waals surface area contributed by atoms with E-state index in [9.17, 15) is 9.59 Å². The van der Waals surface area contributed by atoms with Gasteiger partial charge in [0.2, 0.25) is 5.91 Å². The minimum Gasteiger partial charge on any atom is -0.395 e. The van der Waals surface area contributed by atoms with Crippen LogP contribution in [0.25, 0.3) is 0 Å². The maximum Gasteiger partial charge on any atom is 0.276 e. The van der Waals surface area contributed by atoms with Crippen molar-refractivity contribution in [2.75, 3.05) is 18.8 Å². The predicted octanol–water partition coefficient (Wildman–Crippen LogP) is 0.0627. The van der Waals surface area contributed by atoms with Gasteiger partial charge in [-0.3, -0.25) is 14.7 Å². The average molecular weight is 253 g/mol. The molecular formula is C11H19N5O2. The van der Waals surface area contributed by atoms with Gasteiger partial charge in [-0.1, -0.05) is 13.8 Å². The van der Waals surface area contributed by atoms with Crippen LogP contribution in [0.4, 0.5) is 5.69 Å². The topological polar surface area (TPSA) is 118 Å². The van der Waals surface area contributed by atoms with Crippen LogP contribution < -0.4 is 11.5 Å². The van der Waals surface area contributed by atoms with Gasteiger partial charge in [0.15, 0.2) is 5.69 Å². The number of hydrogen-bond acceptors (Lipinski definition) is 4. The Morgan fingerprint density at radius 3 is 2.44 bits per heavy atom. The summed E-state index contributed by atoms with van der Waals surface area (Å²) in [7, 11) is 0. The number of primary amides is 1. The zero-order valence-corrected chi connectivity index (χ0v) is 10.9. The number of nitrogens with two attached hydrogens (primary N) is 2. The number of likely N-dealkylation sites (N-methyl/N-ethyl adjacent to an activating group) is 1. The Morgan fingerprint density at radius 1 is 1.44 bits per heavy atom. The molecule has 0 saturated heterocycles. The van der Waals surface area contributed by atoms with Gasteiger partial charge in [0.25, 0.3) is 5.91 Å². The Labute approximate surface area is 106 Å². The van der Waals surface area contributed by atoms with Gasteiger partial charge in [0.05, 0.1) is 17.9 Å². The third kappa shape index (κ3) is 2.79. The van der Waals surface area contributed by atoms with Crippen molar-refractivity contribution in [3.63, 3.8) is 0 Å². The molecule has 5 N–H and O–H groups in total. The first-order chi connectivity index (χ1) is 8.38. The number of aromatic nitrogens is 2. The van der Waals surface area contributed by atoms with Gasteiger partial charge in [-0.2, -0.15) is 5.10 Å². The van der Waals surface area contributed by atoms with E-state index in [1.54, 1.807) is 6.92 Å². The van der Waals surface area contributed by atoms with E-state index in [-0.39, 0.29) is 18.2 Å². The molecule has 7 nitrogen and oxygen atoms in total. The average Bonchev–Trinajstić information content (AvgIpc) is 2.66. The van der Waals surface area contributed by atoms with Gasteiger partial charge in [-0.05, 0) is 12.8 Å². The molecular weight excluding hydrogens is 234 g/mol. The summed E-state index contributed by atoms with van der Waals surface area (Å²) < 4.78 is 0. The summed E-state index contributed by atoms with van der Waals surface area (Å²) in [4.78, 5) is 24.3. The largest absolute Gasteiger partial charge is 0.395 e. The minimum absolute atomic E-state index is 0.140. The fraction of sp³-hybridized carbons (Fsp3) is 0.545. The number of anilines is 1. The van der Waals surface area contributed by atoms with E-state index in [1.807, 2.05) is 13.8 Å². The number of nitrogen functional groups attached to an aromatic ring is 1. The lowest BCUT2D eigenvalue weighted by molar-refractivity contribution is -0.118. The predicted molar refractivity (Wildman–Crippen MR) is 67.9 cm³/mol. The summed E-state index contributed by atoms with van der Waals surface area (Å²) >= 11 is 0. The molecule has 0 aliphatic rings. The molecule has 1 aromatic rings. The minimum atomic E-state index is -0.566. The lowest BCUT2D eigenvalue weighted by Crippen LogP contribution is -2.38. The van der Waals surface area contributed by atoms with Crippen LogP contribution in [0.1, 0.15) is 42.9 Å². The van der Waals surface area contributed by atoms with E-state index in [4.69, 9.17) is 11.5 Å². The second kappa shape index (κ2) is 5.52. The Kier molecular flexibility index (Phi) is 4.30. The summed E-state index contributed by atoms with van der Waals surface area (Å²) in [5, 5.41) is 6.67. The highest BCUT2D eigenvalue weighted by Crippen LogP contribution is 2.22. The fourth-order valence-electron chi connectivity index (χ4n) is 1.63. The van der Waals surface area contributed by atoms with Crippen molar-refractivity contribution in [3.8, 4) is 0 Å². The van der Waals surface area contributed by atoms with Gasteiger partial charge in [-0.25, -0.2) is 0 Å². The van der Waals surface area contributed by atoms with Crippen LogP contribution in [0.3, 0.4) is 0 Å². The smallest absolute Gasteiger partial charge is 0.276 e. The third-order valence-electron chi connectivity index (χ3n) is 2.63. The molecule has 2 amide bonds. The molecule has 0 aromatic carbocycles. The van der Waals surface area contributed by atoms with E-state index in [1.165, 1.54) is 4.90 Å². The van der Waals surface area contributed by atoms with Crippen molar-refractivity contribution in [3.05, 3.63) is 11.4 Å². The number of hydrogen-bond donors (Lipinski definition) is 3. The number of aromatic amines is 1. The molecule has 7 heteroatoms. The molecule has 100 valence electrons. The lowest BCUT2D eigenvalue weighted by atomic mass is 10.1. The summed E-state index contributed by atoms with van der Waals surface area (Å²) in [6.45, 7) is 5.87. The molecule has 0 atom stereocenters. The van der Waals surface area contributed by atoms with E-state index in [0.717, 1.165) is 0 Å². The number of H-pyrrole nitrogens is 1. The van der Waals surface area contributed by atoms with Gasteiger partial charge in [-0.15, -0.1) is 0 Å². The summed E-state index contributed by atoms with van der Waals surface area (Å²) in [6, 6.07) is 0. The normalized spacial score (nSPS) is 10.7. The van der Waals surface area contributed by atoms with Crippen LogP contribution in [0.15, 0.2) is 0 Å². The second-order valence-corrected chi connectivity index (χ2v) is 4.34. The first-order valence-electron chi connectivity index (χ1n) is 5.79. The van der Waals surface area contributed by atoms with Crippen molar-refractivity contribution < 1.29 is 9.59 Å². The molecule has 0 aliphatic carbocycles. The van der Waals surface area contributed by atoms with Gasteiger partial charge >= 0.3 is 0 Å². The molecule has 18 heavy (non-hydrogen) atoms. The highest BCUT2D eigenvalue weighted by atomic mass is 16.2. The maximum atomic E-state index is 12.1. The fourth-order valence-corrected chi connectivity index (χ4v) is 1.63. The number of carbonyl (C=O) groups is 2. The zero-order valence-electron chi connectivity index (χ0n) is 10.9. The molecule has 0 spiro atoms. The third-order valence-corrected chi connectivity index (χ3v) is 2.63. The molecule has 1 heterocycles. The summed E-state index contributed by atoms with van der Waals surface area (Å²) in [6.07, 6.45) is 0. The lowest BCUT2D eigenvalue weighted by Gasteiger charge is -2.17. The Bertz CT molecular complexity index is 452. The zero-order chi connectivity index (χ0) is 13.9. The van der Waals surface area contributed by atoms with Crippen molar-refractivity contribution in [2.45, 2.75) is 26.7 Å². The van der Waals surface area contributed by atoms with Crippen LogP contribution in [-0.2, 0) is 4.79 Å². The van der Waals surface area contributed by atoms with Crippen LogP contribution in [-0.4, -0.2) is 40.0 Å². The maximum absolute atomic E-state index is 12.1. The van der Waals surface area contributed by atoms with Crippen molar-refractivity contribution in [2.24, 2.45) is 5.73 Å². The van der Waals surface area contributed by atoms with Crippen LogP contribution in [0.2, 0.25) is 0 Å². The molecule has 0 fully saturated rings. The van der Waals surface area contributed by atoms with E-state index in [0.29, 0.717) is 17.9 Å².